The lowest BCUT2D eigenvalue weighted by molar-refractivity contribution is -0.387. The predicted molar refractivity (Wildman–Crippen MR) is 108 cm³/mol. The van der Waals surface area contributed by atoms with E-state index in [1.54, 1.807) is 13.1 Å². The van der Waals surface area contributed by atoms with Gasteiger partial charge >= 0.3 is 0 Å². The molecule has 0 aliphatic heterocycles. The summed E-state index contributed by atoms with van der Waals surface area (Å²) in [5, 5.41) is 26.6. The van der Waals surface area contributed by atoms with E-state index in [1.165, 1.54) is 34.2 Å². The third kappa shape index (κ3) is 3.93. The number of fused-ring (bicyclic) bond motifs is 1. The summed E-state index contributed by atoms with van der Waals surface area (Å²) in [4.78, 5) is 28.3. The number of aromatic nitrogens is 5. The second kappa shape index (κ2) is 7.56. The number of aryl methyl sites for hydroxylation is 2. The van der Waals surface area contributed by atoms with Gasteiger partial charge < -0.3 is 5.32 Å². The number of hydrogen-bond acceptors (Lipinski definition) is 9. The number of anilines is 1. The van der Waals surface area contributed by atoms with E-state index in [0.717, 1.165) is 27.0 Å². The van der Waals surface area contributed by atoms with Crippen molar-refractivity contribution in [2.75, 3.05) is 5.32 Å². The molecule has 10 nitrogen and oxygen atoms in total. The van der Waals surface area contributed by atoms with Gasteiger partial charge in [-0.25, -0.2) is 9.67 Å². The number of carbonyl (C=O) groups excluding carboxylic acids is 1. The van der Waals surface area contributed by atoms with Crippen molar-refractivity contribution in [3.05, 3.63) is 57.1 Å². The maximum absolute atomic E-state index is 12.6. The number of nitrogens with one attached hydrogen (secondary N) is 1. The maximum atomic E-state index is 12.6. The van der Waals surface area contributed by atoms with E-state index >= 15 is 0 Å². The Morgan fingerprint density at radius 3 is 2.83 bits per heavy atom. The molecule has 0 atom stereocenters. The lowest BCUT2D eigenvalue weighted by Crippen LogP contribution is -2.12. The lowest BCUT2D eigenvalue weighted by Gasteiger charge is -2.07. The largest absolute Gasteiger partial charge is 0.322 e. The Bertz CT molecular complexity index is 1250. The molecule has 2 heterocycles. The lowest BCUT2D eigenvalue weighted by atomic mass is 10.2. The third-order valence-corrected chi connectivity index (χ3v) is 5.98. The van der Waals surface area contributed by atoms with Crippen LogP contribution in [0.4, 0.5) is 11.4 Å². The molecule has 0 unspecified atom stereocenters. The molecular formula is C17H13N7O3S2. The first kappa shape index (κ1) is 19.0. The molecule has 0 fully saturated rings. The van der Waals surface area contributed by atoms with E-state index in [1.807, 2.05) is 19.1 Å². The number of benzene rings is 2. The van der Waals surface area contributed by atoms with Crippen molar-refractivity contribution in [1.82, 2.24) is 25.2 Å². The van der Waals surface area contributed by atoms with Crippen molar-refractivity contribution < 1.29 is 9.72 Å². The molecule has 4 aromatic rings. The Balaban J connectivity index is 1.59. The van der Waals surface area contributed by atoms with E-state index in [0.29, 0.717) is 15.7 Å². The number of nitrogens with zero attached hydrogens (tertiary/aromatic N) is 6. The number of amides is 1. The average Bonchev–Trinajstić information content (AvgIpc) is 3.25. The molecule has 12 heteroatoms. The van der Waals surface area contributed by atoms with Crippen molar-refractivity contribution in [3.8, 4) is 0 Å². The summed E-state index contributed by atoms with van der Waals surface area (Å²) in [5.41, 5.74) is 1.44. The molecule has 146 valence electrons. The zero-order chi connectivity index (χ0) is 20.5. The smallest absolute Gasteiger partial charge is 0.284 e. The molecule has 29 heavy (non-hydrogen) atoms. The van der Waals surface area contributed by atoms with E-state index in [-0.39, 0.29) is 11.3 Å². The molecule has 0 spiro atoms. The fraction of sp³-hybridized carbons (Fsp3) is 0.118. The van der Waals surface area contributed by atoms with E-state index < -0.39 is 10.8 Å². The van der Waals surface area contributed by atoms with Gasteiger partial charge in [0.1, 0.15) is 0 Å². The van der Waals surface area contributed by atoms with Gasteiger partial charge in [0.25, 0.3) is 11.6 Å². The highest BCUT2D eigenvalue weighted by molar-refractivity contribution is 7.99. The summed E-state index contributed by atoms with van der Waals surface area (Å²) in [5.74, 6) is -0.439. The number of tetrazole rings is 1. The molecule has 0 aliphatic rings. The zero-order valence-corrected chi connectivity index (χ0v) is 16.8. The monoisotopic (exact) mass is 427 g/mol. The molecule has 1 N–H and O–H groups in total. The van der Waals surface area contributed by atoms with Gasteiger partial charge in [0.05, 0.1) is 25.0 Å². The summed E-state index contributed by atoms with van der Waals surface area (Å²) in [6.07, 6.45) is 0. The standard InChI is InChI=1S/C17H13N7O3S2/c1-9-18-12-5-4-11(8-15(12)28-9)19-16(25)10-3-6-14(13(7-10)24(26)27)29-17-20-21-22-23(17)2/h3-8H,1-2H3,(H,19,25). The first-order chi connectivity index (χ1) is 13.9. The minimum absolute atomic E-state index is 0.178. The van der Waals surface area contributed by atoms with Gasteiger partial charge in [0, 0.05) is 24.4 Å². The molecule has 2 aromatic heterocycles. The van der Waals surface area contributed by atoms with Crippen LogP contribution < -0.4 is 5.32 Å². The molecule has 2 aromatic carbocycles. The van der Waals surface area contributed by atoms with E-state index in [9.17, 15) is 14.9 Å². The fourth-order valence-electron chi connectivity index (χ4n) is 2.61. The average molecular weight is 427 g/mol. The highest BCUT2D eigenvalue weighted by Gasteiger charge is 2.20. The first-order valence-corrected chi connectivity index (χ1v) is 9.91. The number of nitro groups is 1. The van der Waals surface area contributed by atoms with Gasteiger partial charge in [0.15, 0.2) is 0 Å². The highest BCUT2D eigenvalue weighted by Crippen LogP contribution is 2.34. The van der Waals surface area contributed by atoms with Crippen LogP contribution in [0.1, 0.15) is 15.4 Å². The van der Waals surface area contributed by atoms with E-state index in [4.69, 9.17) is 0 Å². The van der Waals surface area contributed by atoms with Gasteiger partial charge in [-0.3, -0.25) is 14.9 Å². The minimum atomic E-state index is -0.533. The molecule has 0 saturated carbocycles. The van der Waals surface area contributed by atoms with Gasteiger partial charge in [-0.05, 0) is 59.4 Å². The Hall–Kier alpha value is -3.38. The normalized spacial score (nSPS) is 11.0. The fourth-order valence-corrected chi connectivity index (χ4v) is 4.30. The molecule has 4 rings (SSSR count). The maximum Gasteiger partial charge on any atom is 0.284 e. The SMILES string of the molecule is Cc1nc2ccc(NC(=O)c3ccc(Sc4nnnn4C)c([N+](=O)[O-])c3)cc2s1. The van der Waals surface area contributed by atoms with Crippen molar-refractivity contribution in [1.29, 1.82) is 0 Å². The summed E-state index contributed by atoms with van der Waals surface area (Å²) in [6, 6.07) is 9.70. The summed E-state index contributed by atoms with van der Waals surface area (Å²) >= 11 is 2.58. The number of thiazole rings is 1. The molecule has 0 aliphatic carbocycles. The second-order valence-electron chi connectivity index (χ2n) is 6.00. The Morgan fingerprint density at radius 1 is 1.28 bits per heavy atom. The van der Waals surface area contributed by atoms with Crippen molar-refractivity contribution in [2.45, 2.75) is 17.0 Å². The van der Waals surface area contributed by atoms with Gasteiger partial charge in [0.2, 0.25) is 5.16 Å². The van der Waals surface area contributed by atoms with Gasteiger partial charge in [-0.2, -0.15) is 0 Å². The molecular weight excluding hydrogens is 414 g/mol. The Labute approximate surface area is 172 Å². The summed E-state index contributed by atoms with van der Waals surface area (Å²) in [6.45, 7) is 1.92. The third-order valence-electron chi connectivity index (χ3n) is 3.95. The van der Waals surface area contributed by atoms with Crippen LogP contribution in [0.3, 0.4) is 0 Å². The number of rotatable bonds is 5. The van der Waals surface area contributed by atoms with Crippen LogP contribution >= 0.6 is 23.1 Å². The molecule has 1 amide bonds. The van der Waals surface area contributed by atoms with Crippen LogP contribution in [0.25, 0.3) is 10.2 Å². The Kier molecular flexibility index (Phi) is 4.94. The Morgan fingerprint density at radius 2 is 2.10 bits per heavy atom. The van der Waals surface area contributed by atoms with Crippen LogP contribution in [0.15, 0.2) is 46.5 Å². The second-order valence-corrected chi connectivity index (χ2v) is 8.24. The van der Waals surface area contributed by atoms with E-state index in [2.05, 4.69) is 25.8 Å². The zero-order valence-electron chi connectivity index (χ0n) is 15.2. The van der Waals surface area contributed by atoms with Crippen LogP contribution in [0, 0.1) is 17.0 Å². The number of hydrogen-bond donors (Lipinski definition) is 1. The van der Waals surface area contributed by atoms with Crippen molar-refractivity contribution in [2.24, 2.45) is 7.05 Å². The topological polar surface area (TPSA) is 129 Å². The number of nitro benzene ring substituents is 1. The highest BCUT2D eigenvalue weighted by atomic mass is 32.2. The summed E-state index contributed by atoms with van der Waals surface area (Å²) in [7, 11) is 1.64. The minimum Gasteiger partial charge on any atom is -0.322 e. The first-order valence-electron chi connectivity index (χ1n) is 8.28. The molecule has 0 radical (unpaired) electrons. The van der Waals surface area contributed by atoms with Crippen LogP contribution in [-0.2, 0) is 7.05 Å². The van der Waals surface area contributed by atoms with Crippen LogP contribution in [0.5, 0.6) is 0 Å². The van der Waals surface area contributed by atoms with Crippen LogP contribution in [-0.4, -0.2) is 36.0 Å². The molecule has 0 bridgehead atoms. The predicted octanol–water partition coefficient (Wildman–Crippen LogP) is 3.44. The van der Waals surface area contributed by atoms with Crippen LogP contribution in [0.2, 0.25) is 0 Å². The van der Waals surface area contributed by atoms with Crippen molar-refractivity contribution in [3.63, 3.8) is 0 Å². The quantitative estimate of drug-likeness (QED) is 0.379. The van der Waals surface area contributed by atoms with Gasteiger partial charge in [-0.1, -0.05) is 0 Å². The molecule has 0 saturated heterocycles. The summed E-state index contributed by atoms with van der Waals surface area (Å²) < 4.78 is 2.36. The van der Waals surface area contributed by atoms with Gasteiger partial charge in [-0.15, -0.1) is 16.4 Å². The van der Waals surface area contributed by atoms with Crippen molar-refractivity contribution >= 4 is 50.6 Å². The number of carbonyl (C=O) groups is 1.